The minimum Gasteiger partial charge on any atom is -0.334 e. The summed E-state index contributed by atoms with van der Waals surface area (Å²) in [5.74, 6) is 2.51. The van der Waals surface area contributed by atoms with Gasteiger partial charge in [0.05, 0.1) is 6.04 Å². The van der Waals surface area contributed by atoms with Crippen LogP contribution in [0.3, 0.4) is 0 Å². The molecular formula is C12H21N3S. The van der Waals surface area contributed by atoms with Crippen molar-refractivity contribution in [3.63, 3.8) is 0 Å². The van der Waals surface area contributed by atoms with Crippen LogP contribution in [0.1, 0.15) is 38.1 Å². The van der Waals surface area contributed by atoms with Crippen molar-refractivity contribution >= 4 is 11.8 Å². The molecule has 1 aliphatic rings. The summed E-state index contributed by atoms with van der Waals surface area (Å²) in [5, 5.41) is 4.14. The minimum atomic E-state index is 0.411. The lowest BCUT2D eigenvalue weighted by atomic mass is 10.1. The highest BCUT2D eigenvalue weighted by Crippen LogP contribution is 2.35. The minimum absolute atomic E-state index is 0.411. The Kier molecular flexibility index (Phi) is 4.29. The maximum absolute atomic E-state index is 4.54. The molecule has 90 valence electrons. The van der Waals surface area contributed by atoms with Crippen molar-refractivity contribution in [3.05, 3.63) is 18.2 Å². The van der Waals surface area contributed by atoms with Gasteiger partial charge in [-0.1, -0.05) is 6.92 Å². The molecule has 1 aliphatic heterocycles. The molecule has 0 saturated carbocycles. The number of rotatable bonds is 5. The van der Waals surface area contributed by atoms with Gasteiger partial charge < -0.3 is 9.88 Å². The quantitative estimate of drug-likeness (QED) is 0.856. The first-order valence-electron chi connectivity index (χ1n) is 6.16. The lowest BCUT2D eigenvalue weighted by molar-refractivity contribution is 0.490. The van der Waals surface area contributed by atoms with E-state index in [1.807, 2.05) is 6.20 Å². The highest BCUT2D eigenvalue weighted by molar-refractivity contribution is 8.00. The van der Waals surface area contributed by atoms with E-state index in [1.54, 1.807) is 0 Å². The molecule has 2 heterocycles. The molecule has 2 rings (SSSR count). The van der Waals surface area contributed by atoms with Crippen LogP contribution in [-0.2, 0) is 6.54 Å². The normalized spacial score (nSPS) is 22.5. The number of hydrogen-bond donors (Lipinski definition) is 1. The Morgan fingerprint density at radius 2 is 2.56 bits per heavy atom. The van der Waals surface area contributed by atoms with E-state index in [-0.39, 0.29) is 0 Å². The number of aryl methyl sites for hydroxylation is 1. The molecule has 2 unspecified atom stereocenters. The first-order chi connectivity index (χ1) is 7.86. The molecule has 0 spiro atoms. The lowest BCUT2D eigenvalue weighted by Crippen LogP contribution is -2.28. The van der Waals surface area contributed by atoms with Crippen LogP contribution in [0, 0.1) is 0 Å². The van der Waals surface area contributed by atoms with E-state index >= 15 is 0 Å². The summed E-state index contributed by atoms with van der Waals surface area (Å²) < 4.78 is 2.29. The van der Waals surface area contributed by atoms with E-state index in [0.717, 1.165) is 13.0 Å². The Balaban J connectivity index is 2.15. The second-order valence-corrected chi connectivity index (χ2v) is 5.64. The number of hydrogen-bond acceptors (Lipinski definition) is 3. The first kappa shape index (κ1) is 12.0. The second-order valence-electron chi connectivity index (χ2n) is 4.30. The smallest absolute Gasteiger partial charge is 0.126 e. The molecule has 1 saturated heterocycles. The van der Waals surface area contributed by atoms with Gasteiger partial charge in [-0.15, -0.1) is 0 Å². The highest BCUT2D eigenvalue weighted by atomic mass is 32.2. The van der Waals surface area contributed by atoms with Crippen molar-refractivity contribution in [3.8, 4) is 0 Å². The van der Waals surface area contributed by atoms with Crippen LogP contribution in [0.2, 0.25) is 0 Å². The van der Waals surface area contributed by atoms with Gasteiger partial charge in [-0.3, -0.25) is 0 Å². The number of aromatic nitrogens is 2. The molecule has 0 aromatic carbocycles. The van der Waals surface area contributed by atoms with Crippen LogP contribution in [0.25, 0.3) is 0 Å². The molecule has 4 heteroatoms. The molecule has 0 bridgehead atoms. The SMILES string of the molecule is CCCn1ccnc1C(NC)C1CCCS1. The fraction of sp³-hybridized carbons (Fsp3) is 0.750. The summed E-state index contributed by atoms with van der Waals surface area (Å²) in [6.07, 6.45) is 7.85. The van der Waals surface area contributed by atoms with Crippen LogP contribution < -0.4 is 5.32 Å². The predicted molar refractivity (Wildman–Crippen MR) is 69.8 cm³/mol. The van der Waals surface area contributed by atoms with Crippen molar-refractivity contribution in [1.82, 2.24) is 14.9 Å². The van der Waals surface area contributed by atoms with Gasteiger partial charge >= 0.3 is 0 Å². The van der Waals surface area contributed by atoms with E-state index < -0.39 is 0 Å². The molecule has 1 N–H and O–H groups in total. The van der Waals surface area contributed by atoms with Crippen LogP contribution in [0.4, 0.5) is 0 Å². The third-order valence-electron chi connectivity index (χ3n) is 3.14. The summed E-state index contributed by atoms with van der Waals surface area (Å²) in [6.45, 7) is 3.29. The van der Waals surface area contributed by atoms with E-state index in [4.69, 9.17) is 0 Å². The van der Waals surface area contributed by atoms with Crippen molar-refractivity contribution in [2.45, 2.75) is 44.0 Å². The van der Waals surface area contributed by atoms with Gasteiger partial charge in [-0.2, -0.15) is 11.8 Å². The molecule has 0 aliphatic carbocycles. The molecule has 1 aromatic heterocycles. The van der Waals surface area contributed by atoms with E-state index in [2.05, 4.69) is 46.8 Å². The van der Waals surface area contributed by atoms with Gasteiger partial charge in [0.2, 0.25) is 0 Å². The zero-order chi connectivity index (χ0) is 11.4. The van der Waals surface area contributed by atoms with Gasteiger partial charge in [0.25, 0.3) is 0 Å². The predicted octanol–water partition coefficient (Wildman–Crippen LogP) is 2.45. The van der Waals surface area contributed by atoms with Crippen LogP contribution in [-0.4, -0.2) is 27.6 Å². The Morgan fingerprint density at radius 3 is 3.19 bits per heavy atom. The van der Waals surface area contributed by atoms with Crippen LogP contribution in [0.15, 0.2) is 12.4 Å². The first-order valence-corrected chi connectivity index (χ1v) is 7.21. The summed E-state index contributed by atoms with van der Waals surface area (Å²) in [7, 11) is 2.05. The number of imidazole rings is 1. The van der Waals surface area contributed by atoms with Crippen LogP contribution >= 0.6 is 11.8 Å². The number of nitrogens with one attached hydrogen (secondary N) is 1. The molecule has 16 heavy (non-hydrogen) atoms. The average Bonchev–Trinajstić information content (AvgIpc) is 2.92. The zero-order valence-electron chi connectivity index (χ0n) is 10.1. The number of thioether (sulfide) groups is 1. The van der Waals surface area contributed by atoms with Gasteiger partial charge in [0, 0.05) is 24.2 Å². The van der Waals surface area contributed by atoms with Gasteiger partial charge in [-0.05, 0) is 32.1 Å². The molecule has 0 radical (unpaired) electrons. The number of nitrogens with zero attached hydrogens (tertiary/aromatic N) is 2. The van der Waals surface area contributed by atoms with Crippen molar-refractivity contribution in [1.29, 1.82) is 0 Å². The summed E-state index contributed by atoms with van der Waals surface area (Å²) in [4.78, 5) is 4.54. The molecule has 2 atom stereocenters. The Labute approximate surface area is 102 Å². The summed E-state index contributed by atoms with van der Waals surface area (Å²) >= 11 is 2.08. The van der Waals surface area contributed by atoms with Crippen molar-refractivity contribution in [2.24, 2.45) is 0 Å². The highest BCUT2D eigenvalue weighted by Gasteiger charge is 2.28. The molecule has 1 fully saturated rings. The van der Waals surface area contributed by atoms with Crippen molar-refractivity contribution in [2.75, 3.05) is 12.8 Å². The van der Waals surface area contributed by atoms with E-state index in [0.29, 0.717) is 11.3 Å². The summed E-state index contributed by atoms with van der Waals surface area (Å²) in [5.41, 5.74) is 0. The Morgan fingerprint density at radius 1 is 1.69 bits per heavy atom. The largest absolute Gasteiger partial charge is 0.334 e. The zero-order valence-corrected chi connectivity index (χ0v) is 11.0. The molecular weight excluding hydrogens is 218 g/mol. The topological polar surface area (TPSA) is 29.9 Å². The monoisotopic (exact) mass is 239 g/mol. The summed E-state index contributed by atoms with van der Waals surface area (Å²) in [6, 6.07) is 0.411. The average molecular weight is 239 g/mol. The van der Waals surface area contributed by atoms with E-state index in [1.165, 1.54) is 24.4 Å². The fourth-order valence-corrected chi connectivity index (χ4v) is 3.80. The standard InChI is InChI=1S/C12H21N3S/c1-3-7-15-8-6-14-12(15)11(13-2)10-5-4-9-16-10/h6,8,10-11,13H,3-5,7,9H2,1-2H3. The van der Waals surface area contributed by atoms with Gasteiger partial charge in [0.1, 0.15) is 5.82 Å². The molecule has 0 amide bonds. The van der Waals surface area contributed by atoms with Crippen molar-refractivity contribution < 1.29 is 0 Å². The fourth-order valence-electron chi connectivity index (χ4n) is 2.38. The molecule has 1 aromatic rings. The maximum Gasteiger partial charge on any atom is 0.126 e. The Bertz CT molecular complexity index is 318. The third kappa shape index (κ3) is 2.43. The van der Waals surface area contributed by atoms with Crippen LogP contribution in [0.5, 0.6) is 0 Å². The van der Waals surface area contributed by atoms with E-state index in [9.17, 15) is 0 Å². The lowest BCUT2D eigenvalue weighted by Gasteiger charge is -2.22. The van der Waals surface area contributed by atoms with Gasteiger partial charge in [0.15, 0.2) is 0 Å². The maximum atomic E-state index is 4.54. The third-order valence-corrected chi connectivity index (χ3v) is 4.60. The van der Waals surface area contributed by atoms with Gasteiger partial charge in [-0.25, -0.2) is 4.98 Å². The Hall–Kier alpha value is -0.480. The molecule has 3 nitrogen and oxygen atoms in total. The second kappa shape index (κ2) is 5.73.